The molecule has 1 aromatic carbocycles. The summed E-state index contributed by atoms with van der Waals surface area (Å²) in [6.07, 6.45) is 1.08. The van der Waals surface area contributed by atoms with E-state index in [0.29, 0.717) is 37.3 Å². The summed E-state index contributed by atoms with van der Waals surface area (Å²) in [5, 5.41) is 0. The van der Waals surface area contributed by atoms with Crippen LogP contribution in [0, 0.1) is 18.8 Å². The quantitative estimate of drug-likeness (QED) is 0.858. The Morgan fingerprint density at radius 1 is 1.24 bits per heavy atom. The number of hydrogen-bond donors (Lipinski definition) is 0. The van der Waals surface area contributed by atoms with Crippen molar-refractivity contribution in [1.29, 1.82) is 0 Å². The molecule has 118 valence electrons. The van der Waals surface area contributed by atoms with Gasteiger partial charge in [-0.25, -0.2) is 8.42 Å². The fourth-order valence-electron chi connectivity index (χ4n) is 3.04. The second kappa shape index (κ2) is 6.36. The summed E-state index contributed by atoms with van der Waals surface area (Å²) in [6, 6.07) is 5.29. The summed E-state index contributed by atoms with van der Waals surface area (Å²) in [5.74, 6) is 1.25. The minimum atomic E-state index is -3.49. The van der Waals surface area contributed by atoms with Crippen LogP contribution in [0.5, 0.6) is 5.75 Å². The number of benzene rings is 1. The lowest BCUT2D eigenvalue weighted by Crippen LogP contribution is -2.42. The van der Waals surface area contributed by atoms with Gasteiger partial charge in [-0.15, -0.1) is 0 Å². The van der Waals surface area contributed by atoms with E-state index in [9.17, 15) is 8.42 Å². The van der Waals surface area contributed by atoms with Crippen LogP contribution in [0.2, 0.25) is 0 Å². The van der Waals surface area contributed by atoms with Gasteiger partial charge in [-0.2, -0.15) is 4.31 Å². The van der Waals surface area contributed by atoms with Crippen LogP contribution in [0.15, 0.2) is 23.1 Å². The van der Waals surface area contributed by atoms with Crippen LogP contribution in [0.3, 0.4) is 0 Å². The Labute approximate surface area is 128 Å². The monoisotopic (exact) mass is 311 g/mol. The number of sulfonamides is 1. The normalized spacial score (nSPS) is 24.0. The topological polar surface area (TPSA) is 46.6 Å². The molecule has 2 atom stereocenters. The van der Waals surface area contributed by atoms with Gasteiger partial charge in [0.25, 0.3) is 0 Å². The van der Waals surface area contributed by atoms with Gasteiger partial charge in [0.15, 0.2) is 0 Å². The molecule has 1 saturated heterocycles. The predicted octanol–water partition coefficient (Wildman–Crippen LogP) is 3.06. The molecule has 5 heteroatoms. The first kappa shape index (κ1) is 16.3. The number of rotatable bonds is 4. The number of nitrogens with zero attached hydrogens (tertiary/aromatic N) is 1. The van der Waals surface area contributed by atoms with Crippen molar-refractivity contribution in [2.24, 2.45) is 11.8 Å². The van der Waals surface area contributed by atoms with Crippen molar-refractivity contribution >= 4 is 10.0 Å². The molecule has 0 N–H and O–H groups in total. The lowest BCUT2D eigenvalue weighted by Gasteiger charge is -2.34. The molecule has 0 spiro atoms. The van der Waals surface area contributed by atoms with Crippen molar-refractivity contribution in [2.45, 2.75) is 39.0 Å². The molecular formula is C16H25NO3S. The zero-order chi connectivity index (χ0) is 15.6. The SMILES string of the molecule is CCOc1cc(C)ccc1S(=O)(=O)N1C[C@H](C)C[C@@H](C)C1. The van der Waals surface area contributed by atoms with Crippen molar-refractivity contribution < 1.29 is 13.2 Å². The number of aryl methyl sites for hydroxylation is 1. The van der Waals surface area contributed by atoms with E-state index in [1.54, 1.807) is 16.4 Å². The largest absolute Gasteiger partial charge is 0.492 e. The molecule has 4 nitrogen and oxygen atoms in total. The minimum absolute atomic E-state index is 0.288. The second-order valence-corrected chi connectivity index (χ2v) is 8.06. The third kappa shape index (κ3) is 3.58. The molecule has 1 aliphatic heterocycles. The van der Waals surface area contributed by atoms with Crippen molar-refractivity contribution in [1.82, 2.24) is 4.31 Å². The summed E-state index contributed by atoms with van der Waals surface area (Å²) >= 11 is 0. The molecule has 1 aliphatic rings. The van der Waals surface area contributed by atoms with Crippen LogP contribution in [0.25, 0.3) is 0 Å². The van der Waals surface area contributed by atoms with Crippen LogP contribution < -0.4 is 4.74 Å². The molecular weight excluding hydrogens is 286 g/mol. The fourth-order valence-corrected chi connectivity index (χ4v) is 4.83. The Morgan fingerprint density at radius 2 is 1.86 bits per heavy atom. The van der Waals surface area contributed by atoms with Gasteiger partial charge in [0.1, 0.15) is 10.6 Å². The van der Waals surface area contributed by atoms with Gasteiger partial charge in [-0.1, -0.05) is 19.9 Å². The third-order valence-electron chi connectivity index (χ3n) is 3.85. The van der Waals surface area contributed by atoms with Gasteiger partial charge in [-0.05, 0) is 49.8 Å². The molecule has 0 aliphatic carbocycles. The highest BCUT2D eigenvalue weighted by atomic mass is 32.2. The molecule has 0 radical (unpaired) electrons. The molecule has 1 fully saturated rings. The summed E-state index contributed by atoms with van der Waals surface area (Å²) in [7, 11) is -3.49. The Kier molecular flexibility index (Phi) is 4.94. The van der Waals surface area contributed by atoms with Gasteiger partial charge < -0.3 is 4.74 Å². The molecule has 1 aromatic rings. The highest BCUT2D eigenvalue weighted by molar-refractivity contribution is 7.89. The highest BCUT2D eigenvalue weighted by Crippen LogP contribution is 2.31. The van der Waals surface area contributed by atoms with E-state index in [4.69, 9.17) is 4.74 Å². The highest BCUT2D eigenvalue weighted by Gasteiger charge is 2.33. The zero-order valence-electron chi connectivity index (χ0n) is 13.3. The van der Waals surface area contributed by atoms with Crippen molar-refractivity contribution in [2.75, 3.05) is 19.7 Å². The molecule has 0 saturated carbocycles. The first-order chi connectivity index (χ1) is 9.84. The molecule has 21 heavy (non-hydrogen) atoms. The first-order valence-corrected chi connectivity index (χ1v) is 9.02. The average molecular weight is 311 g/mol. The van der Waals surface area contributed by atoms with E-state index in [1.165, 1.54) is 0 Å². The summed E-state index contributed by atoms with van der Waals surface area (Å²) in [5.41, 5.74) is 0.998. The van der Waals surface area contributed by atoms with E-state index >= 15 is 0 Å². The van der Waals surface area contributed by atoms with Crippen LogP contribution in [0.1, 0.15) is 32.8 Å². The van der Waals surface area contributed by atoms with Crippen LogP contribution >= 0.6 is 0 Å². The van der Waals surface area contributed by atoms with E-state index in [2.05, 4.69) is 13.8 Å². The average Bonchev–Trinajstić information content (AvgIpc) is 2.37. The predicted molar refractivity (Wildman–Crippen MR) is 84.1 cm³/mol. The van der Waals surface area contributed by atoms with Crippen molar-refractivity contribution in [3.05, 3.63) is 23.8 Å². The zero-order valence-corrected chi connectivity index (χ0v) is 14.1. The van der Waals surface area contributed by atoms with Gasteiger partial charge in [0.05, 0.1) is 6.61 Å². The molecule has 0 aromatic heterocycles. The van der Waals surface area contributed by atoms with Gasteiger partial charge in [0, 0.05) is 13.1 Å². The molecule has 0 unspecified atom stereocenters. The van der Waals surface area contributed by atoms with Crippen molar-refractivity contribution in [3.63, 3.8) is 0 Å². The summed E-state index contributed by atoms with van der Waals surface area (Å²) < 4.78 is 33.0. The molecule has 0 bridgehead atoms. The van der Waals surface area contributed by atoms with Gasteiger partial charge in [0.2, 0.25) is 10.0 Å². The van der Waals surface area contributed by atoms with E-state index < -0.39 is 10.0 Å². The van der Waals surface area contributed by atoms with E-state index in [0.717, 1.165) is 12.0 Å². The smallest absolute Gasteiger partial charge is 0.246 e. The molecule has 1 heterocycles. The Bertz CT molecular complexity index is 588. The van der Waals surface area contributed by atoms with Crippen molar-refractivity contribution in [3.8, 4) is 5.75 Å². The second-order valence-electron chi connectivity index (χ2n) is 6.15. The lowest BCUT2D eigenvalue weighted by atomic mass is 9.94. The Morgan fingerprint density at radius 3 is 2.43 bits per heavy atom. The Balaban J connectivity index is 2.39. The van der Waals surface area contributed by atoms with Gasteiger partial charge >= 0.3 is 0 Å². The maximum Gasteiger partial charge on any atom is 0.246 e. The van der Waals surface area contributed by atoms with E-state index in [-0.39, 0.29) is 4.90 Å². The number of piperidine rings is 1. The number of hydrogen-bond acceptors (Lipinski definition) is 3. The van der Waals surface area contributed by atoms with Crippen LogP contribution in [-0.2, 0) is 10.0 Å². The maximum atomic E-state index is 12.9. The van der Waals surface area contributed by atoms with Gasteiger partial charge in [-0.3, -0.25) is 0 Å². The van der Waals surface area contributed by atoms with Crippen LogP contribution in [-0.4, -0.2) is 32.4 Å². The third-order valence-corrected chi connectivity index (χ3v) is 5.72. The maximum absolute atomic E-state index is 12.9. The fraction of sp³-hybridized carbons (Fsp3) is 0.625. The summed E-state index contributed by atoms with van der Waals surface area (Å²) in [4.78, 5) is 0.288. The molecule has 0 amide bonds. The van der Waals surface area contributed by atoms with Crippen LogP contribution in [0.4, 0.5) is 0 Å². The first-order valence-electron chi connectivity index (χ1n) is 7.58. The standard InChI is InChI=1S/C16H25NO3S/c1-5-20-15-9-12(2)6-7-16(15)21(18,19)17-10-13(3)8-14(4)11-17/h6-7,9,13-14H,5,8,10-11H2,1-4H3/t13-,14-/m1/s1. The lowest BCUT2D eigenvalue weighted by molar-refractivity contribution is 0.222. The Hall–Kier alpha value is -1.07. The molecule has 2 rings (SSSR count). The summed E-state index contributed by atoms with van der Waals surface area (Å²) in [6.45, 7) is 9.65. The van der Waals surface area contributed by atoms with E-state index in [1.807, 2.05) is 19.9 Å². The minimum Gasteiger partial charge on any atom is -0.492 e. The number of ether oxygens (including phenoxy) is 1.